The van der Waals surface area contributed by atoms with Crippen molar-refractivity contribution in [2.45, 2.75) is 38.5 Å². The smallest absolute Gasteiger partial charge is 0.412 e. The maximum absolute atomic E-state index is 11.9. The van der Waals surface area contributed by atoms with E-state index in [1.54, 1.807) is 0 Å². The van der Waals surface area contributed by atoms with E-state index in [-0.39, 0.29) is 6.61 Å². The maximum Gasteiger partial charge on any atom is 0.412 e. The zero-order chi connectivity index (χ0) is 12.8. The summed E-state index contributed by atoms with van der Waals surface area (Å²) in [6, 6.07) is 9.55. The van der Waals surface area contributed by atoms with Crippen LogP contribution >= 0.6 is 0 Å². The van der Waals surface area contributed by atoms with Crippen LogP contribution in [0.25, 0.3) is 0 Å². The van der Waals surface area contributed by atoms with Gasteiger partial charge in [0, 0.05) is 6.54 Å². The Balaban J connectivity index is 1.87. The van der Waals surface area contributed by atoms with Crippen LogP contribution in [0.4, 0.5) is 4.79 Å². The molecule has 1 heterocycles. The SMILES string of the molecule is O=C(OCc1ccccc1)N1CCCCCC1O. The maximum atomic E-state index is 11.9. The van der Waals surface area contributed by atoms with Gasteiger partial charge in [0.15, 0.2) is 0 Å². The Morgan fingerprint density at radius 2 is 2.06 bits per heavy atom. The van der Waals surface area contributed by atoms with Gasteiger partial charge in [-0.1, -0.05) is 36.8 Å². The van der Waals surface area contributed by atoms with Gasteiger partial charge < -0.3 is 9.84 Å². The predicted molar refractivity (Wildman–Crippen MR) is 67.8 cm³/mol. The fraction of sp³-hybridized carbons (Fsp3) is 0.500. The fourth-order valence-electron chi connectivity index (χ4n) is 2.11. The lowest BCUT2D eigenvalue weighted by molar-refractivity contribution is -0.00194. The summed E-state index contributed by atoms with van der Waals surface area (Å²) in [4.78, 5) is 13.3. The molecule has 1 N–H and O–H groups in total. The molecule has 0 bridgehead atoms. The van der Waals surface area contributed by atoms with Crippen LogP contribution in [0.3, 0.4) is 0 Å². The predicted octanol–water partition coefficient (Wildman–Crippen LogP) is 2.52. The molecule has 2 rings (SSSR count). The van der Waals surface area contributed by atoms with Gasteiger partial charge in [-0.05, 0) is 24.8 Å². The molecular weight excluding hydrogens is 230 g/mol. The number of carbonyl (C=O) groups is 1. The number of hydrogen-bond donors (Lipinski definition) is 1. The van der Waals surface area contributed by atoms with Crippen molar-refractivity contribution >= 4 is 6.09 Å². The van der Waals surface area contributed by atoms with E-state index in [0.29, 0.717) is 13.0 Å². The average molecular weight is 249 g/mol. The lowest BCUT2D eigenvalue weighted by atomic mass is 10.2. The first-order valence-corrected chi connectivity index (χ1v) is 6.43. The van der Waals surface area contributed by atoms with E-state index in [1.807, 2.05) is 30.3 Å². The van der Waals surface area contributed by atoms with Crippen LogP contribution in [-0.2, 0) is 11.3 Å². The molecule has 1 unspecified atom stereocenters. The van der Waals surface area contributed by atoms with Crippen LogP contribution in [0.1, 0.15) is 31.2 Å². The molecule has 1 amide bonds. The summed E-state index contributed by atoms with van der Waals surface area (Å²) in [6.07, 6.45) is 2.46. The summed E-state index contributed by atoms with van der Waals surface area (Å²) in [5.41, 5.74) is 0.954. The van der Waals surface area contributed by atoms with Crippen LogP contribution < -0.4 is 0 Å². The molecule has 0 aliphatic carbocycles. The highest BCUT2D eigenvalue weighted by Crippen LogP contribution is 2.16. The fourth-order valence-corrected chi connectivity index (χ4v) is 2.11. The van der Waals surface area contributed by atoms with E-state index in [9.17, 15) is 9.90 Å². The molecule has 1 aromatic rings. The molecule has 0 aromatic heterocycles. The second-order valence-corrected chi connectivity index (χ2v) is 4.56. The third kappa shape index (κ3) is 3.47. The normalized spacial score (nSPS) is 20.3. The first-order valence-electron chi connectivity index (χ1n) is 6.43. The van der Waals surface area contributed by atoms with Gasteiger partial charge in [-0.2, -0.15) is 0 Å². The quantitative estimate of drug-likeness (QED) is 0.876. The number of carbonyl (C=O) groups excluding carboxylic acids is 1. The standard InChI is InChI=1S/C14H19NO3/c16-13-9-5-2-6-10-15(13)14(17)18-11-12-7-3-1-4-8-12/h1,3-4,7-8,13,16H,2,5-6,9-11H2. The molecule has 1 atom stereocenters. The van der Waals surface area contributed by atoms with E-state index < -0.39 is 12.3 Å². The number of ether oxygens (including phenoxy) is 1. The summed E-state index contributed by atoms with van der Waals surface area (Å²) in [5, 5.41) is 9.84. The van der Waals surface area contributed by atoms with Gasteiger partial charge in [-0.15, -0.1) is 0 Å². The average Bonchev–Trinajstić information content (AvgIpc) is 2.62. The number of rotatable bonds is 2. The molecule has 1 aromatic carbocycles. The molecule has 0 radical (unpaired) electrons. The first kappa shape index (κ1) is 12.9. The van der Waals surface area contributed by atoms with E-state index in [4.69, 9.17) is 4.74 Å². The van der Waals surface area contributed by atoms with Crippen LogP contribution in [0.5, 0.6) is 0 Å². The Labute approximate surface area is 107 Å². The second kappa shape index (κ2) is 6.40. The van der Waals surface area contributed by atoms with Crippen molar-refractivity contribution in [3.05, 3.63) is 35.9 Å². The van der Waals surface area contributed by atoms with Crippen molar-refractivity contribution in [1.82, 2.24) is 4.90 Å². The highest BCUT2D eigenvalue weighted by molar-refractivity contribution is 5.67. The molecule has 1 aliphatic rings. The van der Waals surface area contributed by atoms with E-state index >= 15 is 0 Å². The van der Waals surface area contributed by atoms with E-state index in [0.717, 1.165) is 24.8 Å². The van der Waals surface area contributed by atoms with Gasteiger partial charge in [-0.3, -0.25) is 4.90 Å². The summed E-state index contributed by atoms with van der Waals surface area (Å²) in [5.74, 6) is 0. The Hall–Kier alpha value is -1.55. The van der Waals surface area contributed by atoms with Gasteiger partial charge in [-0.25, -0.2) is 4.79 Å². The summed E-state index contributed by atoms with van der Waals surface area (Å²) in [6.45, 7) is 0.831. The number of aliphatic hydroxyl groups excluding tert-OH is 1. The lowest BCUT2D eigenvalue weighted by Crippen LogP contribution is -2.40. The minimum Gasteiger partial charge on any atom is -0.444 e. The van der Waals surface area contributed by atoms with E-state index in [1.165, 1.54) is 4.90 Å². The molecule has 4 heteroatoms. The minimum atomic E-state index is -0.698. The van der Waals surface area contributed by atoms with Gasteiger partial charge in [0.05, 0.1) is 0 Å². The van der Waals surface area contributed by atoms with Crippen LogP contribution in [-0.4, -0.2) is 28.9 Å². The number of likely N-dealkylation sites (tertiary alicyclic amines) is 1. The molecule has 98 valence electrons. The van der Waals surface area contributed by atoms with Gasteiger partial charge in [0.25, 0.3) is 0 Å². The Morgan fingerprint density at radius 3 is 2.83 bits per heavy atom. The van der Waals surface area contributed by atoms with Gasteiger partial charge in [0.1, 0.15) is 12.8 Å². The molecule has 0 spiro atoms. The number of hydrogen-bond acceptors (Lipinski definition) is 3. The zero-order valence-electron chi connectivity index (χ0n) is 10.4. The lowest BCUT2D eigenvalue weighted by Gasteiger charge is -2.24. The summed E-state index contributed by atoms with van der Waals surface area (Å²) in [7, 11) is 0. The summed E-state index contributed by atoms with van der Waals surface area (Å²) < 4.78 is 5.22. The van der Waals surface area contributed by atoms with Crippen LogP contribution in [0.2, 0.25) is 0 Å². The van der Waals surface area contributed by atoms with Crippen molar-refractivity contribution in [2.75, 3.05) is 6.54 Å². The van der Waals surface area contributed by atoms with Crippen molar-refractivity contribution in [3.63, 3.8) is 0 Å². The van der Waals surface area contributed by atoms with Crippen molar-refractivity contribution in [1.29, 1.82) is 0 Å². The minimum absolute atomic E-state index is 0.253. The second-order valence-electron chi connectivity index (χ2n) is 4.56. The zero-order valence-corrected chi connectivity index (χ0v) is 10.4. The summed E-state index contributed by atoms with van der Waals surface area (Å²) >= 11 is 0. The third-order valence-electron chi connectivity index (χ3n) is 3.16. The Morgan fingerprint density at radius 1 is 1.28 bits per heavy atom. The Kier molecular flexibility index (Phi) is 4.59. The van der Waals surface area contributed by atoms with Crippen molar-refractivity contribution in [3.8, 4) is 0 Å². The molecule has 1 aliphatic heterocycles. The molecule has 1 saturated heterocycles. The van der Waals surface area contributed by atoms with Crippen molar-refractivity contribution in [2.24, 2.45) is 0 Å². The first-order chi connectivity index (χ1) is 8.77. The molecule has 0 saturated carbocycles. The number of aliphatic hydroxyl groups is 1. The number of benzene rings is 1. The molecule has 4 nitrogen and oxygen atoms in total. The highest BCUT2D eigenvalue weighted by Gasteiger charge is 2.24. The topological polar surface area (TPSA) is 49.8 Å². The molecule has 18 heavy (non-hydrogen) atoms. The molecular formula is C14H19NO3. The van der Waals surface area contributed by atoms with Crippen LogP contribution in [0.15, 0.2) is 30.3 Å². The molecule has 1 fully saturated rings. The van der Waals surface area contributed by atoms with Gasteiger partial charge in [0.2, 0.25) is 0 Å². The number of amides is 1. The largest absolute Gasteiger partial charge is 0.444 e. The van der Waals surface area contributed by atoms with Crippen molar-refractivity contribution < 1.29 is 14.6 Å². The third-order valence-corrected chi connectivity index (χ3v) is 3.16. The Bertz CT molecular complexity index is 380. The monoisotopic (exact) mass is 249 g/mol. The van der Waals surface area contributed by atoms with E-state index in [2.05, 4.69) is 0 Å². The van der Waals surface area contributed by atoms with Gasteiger partial charge >= 0.3 is 6.09 Å². The highest BCUT2D eigenvalue weighted by atomic mass is 16.6. The number of nitrogens with zero attached hydrogens (tertiary/aromatic N) is 1. The van der Waals surface area contributed by atoms with Crippen LogP contribution in [0, 0.1) is 0 Å².